The molecule has 0 spiro atoms. The summed E-state index contributed by atoms with van der Waals surface area (Å²) in [4.78, 5) is 23.4. The SMILES string of the molecule is CCCS(=O)(=O)Nc1ccccc1C(=O)NCCc1cccc(C(=O)O)c1. The standard InChI is InChI=1S/C19H22N2O5S/c1-2-12-27(25,26)21-17-9-4-3-8-16(17)18(22)20-11-10-14-6-5-7-15(13-14)19(23)24/h3-9,13,21H,2,10-12H2,1H3,(H,20,22)(H,23,24). The second-order valence-electron chi connectivity index (χ2n) is 5.98. The van der Waals surface area contributed by atoms with Gasteiger partial charge in [-0.3, -0.25) is 9.52 Å². The van der Waals surface area contributed by atoms with E-state index < -0.39 is 21.9 Å². The van der Waals surface area contributed by atoms with Crippen molar-refractivity contribution in [2.75, 3.05) is 17.0 Å². The van der Waals surface area contributed by atoms with Crippen molar-refractivity contribution in [3.05, 3.63) is 65.2 Å². The number of benzene rings is 2. The third-order valence-electron chi connectivity index (χ3n) is 3.78. The molecule has 1 amide bonds. The van der Waals surface area contributed by atoms with Crippen LogP contribution in [0.25, 0.3) is 0 Å². The number of carboxylic acid groups (broad SMARTS) is 1. The van der Waals surface area contributed by atoms with Crippen molar-refractivity contribution in [2.45, 2.75) is 19.8 Å². The lowest BCUT2D eigenvalue weighted by Crippen LogP contribution is -2.27. The molecule has 0 aliphatic carbocycles. The van der Waals surface area contributed by atoms with E-state index in [1.807, 2.05) is 0 Å². The Labute approximate surface area is 158 Å². The third-order valence-corrected chi connectivity index (χ3v) is 5.26. The van der Waals surface area contributed by atoms with Crippen molar-refractivity contribution in [1.82, 2.24) is 5.32 Å². The van der Waals surface area contributed by atoms with Gasteiger partial charge in [-0.2, -0.15) is 0 Å². The van der Waals surface area contributed by atoms with E-state index >= 15 is 0 Å². The molecule has 0 aromatic heterocycles. The lowest BCUT2D eigenvalue weighted by molar-refractivity contribution is 0.0696. The molecule has 8 heteroatoms. The molecule has 0 aliphatic heterocycles. The number of aromatic carboxylic acids is 1. The van der Waals surface area contributed by atoms with Gasteiger partial charge in [0, 0.05) is 6.54 Å². The first kappa shape index (κ1) is 20.4. The Kier molecular flexibility index (Phi) is 6.95. The zero-order chi connectivity index (χ0) is 19.9. The van der Waals surface area contributed by atoms with Gasteiger partial charge in [0.2, 0.25) is 10.0 Å². The number of hydrogen-bond acceptors (Lipinski definition) is 4. The minimum atomic E-state index is -3.50. The van der Waals surface area contributed by atoms with Gasteiger partial charge in [0.15, 0.2) is 0 Å². The quantitative estimate of drug-likeness (QED) is 0.609. The average molecular weight is 390 g/mol. The lowest BCUT2D eigenvalue weighted by Gasteiger charge is -2.12. The summed E-state index contributed by atoms with van der Waals surface area (Å²) in [5.74, 6) is -1.43. The van der Waals surface area contributed by atoms with Gasteiger partial charge in [0.25, 0.3) is 5.91 Å². The maximum absolute atomic E-state index is 12.4. The number of carbonyl (C=O) groups excluding carboxylic acids is 1. The van der Waals surface area contributed by atoms with E-state index in [0.29, 0.717) is 12.8 Å². The van der Waals surface area contributed by atoms with Gasteiger partial charge >= 0.3 is 5.97 Å². The first-order valence-electron chi connectivity index (χ1n) is 8.52. The highest BCUT2D eigenvalue weighted by molar-refractivity contribution is 7.92. The van der Waals surface area contributed by atoms with Crippen molar-refractivity contribution in [2.24, 2.45) is 0 Å². The van der Waals surface area contributed by atoms with Crippen molar-refractivity contribution in [3.63, 3.8) is 0 Å². The maximum Gasteiger partial charge on any atom is 0.335 e. The fourth-order valence-corrected chi connectivity index (χ4v) is 3.69. The highest BCUT2D eigenvalue weighted by atomic mass is 32.2. The van der Waals surface area contributed by atoms with Gasteiger partial charge in [-0.1, -0.05) is 31.2 Å². The van der Waals surface area contributed by atoms with Crippen molar-refractivity contribution in [3.8, 4) is 0 Å². The molecule has 0 saturated heterocycles. The molecule has 0 heterocycles. The Morgan fingerprint density at radius 3 is 2.52 bits per heavy atom. The van der Waals surface area contributed by atoms with Crippen LogP contribution in [0.5, 0.6) is 0 Å². The van der Waals surface area contributed by atoms with Gasteiger partial charge in [0.1, 0.15) is 0 Å². The molecule has 0 bridgehead atoms. The van der Waals surface area contributed by atoms with Crippen LogP contribution in [0.15, 0.2) is 48.5 Å². The minimum absolute atomic E-state index is 0.0249. The topological polar surface area (TPSA) is 113 Å². The minimum Gasteiger partial charge on any atom is -0.478 e. The molecule has 0 unspecified atom stereocenters. The predicted octanol–water partition coefficient (Wildman–Crippen LogP) is 2.51. The van der Waals surface area contributed by atoms with Crippen LogP contribution in [-0.4, -0.2) is 37.7 Å². The molecule has 0 atom stereocenters. The monoisotopic (exact) mass is 390 g/mol. The van der Waals surface area contributed by atoms with Crippen LogP contribution in [-0.2, 0) is 16.4 Å². The summed E-state index contributed by atoms with van der Waals surface area (Å²) in [7, 11) is -3.50. The van der Waals surface area contributed by atoms with E-state index in [1.54, 1.807) is 49.4 Å². The highest BCUT2D eigenvalue weighted by Crippen LogP contribution is 2.17. The molecule has 0 radical (unpaired) electrons. The molecule has 0 fully saturated rings. The summed E-state index contributed by atoms with van der Waals surface area (Å²) in [5, 5.41) is 11.7. The summed E-state index contributed by atoms with van der Waals surface area (Å²) in [5.41, 5.74) is 1.44. The Morgan fingerprint density at radius 1 is 1.07 bits per heavy atom. The third kappa shape index (κ3) is 6.10. The maximum atomic E-state index is 12.4. The molecule has 0 aliphatic rings. The molecule has 3 N–H and O–H groups in total. The van der Waals surface area contributed by atoms with Crippen molar-refractivity contribution < 1.29 is 23.1 Å². The number of carboxylic acids is 1. The van der Waals surface area contributed by atoms with Crippen LogP contribution in [0.2, 0.25) is 0 Å². The van der Waals surface area contributed by atoms with Crippen LogP contribution >= 0.6 is 0 Å². The zero-order valence-corrected chi connectivity index (χ0v) is 15.8. The van der Waals surface area contributed by atoms with E-state index in [1.165, 1.54) is 6.07 Å². The van der Waals surface area contributed by atoms with E-state index in [-0.39, 0.29) is 29.1 Å². The Hall–Kier alpha value is -2.87. The van der Waals surface area contributed by atoms with Crippen LogP contribution in [0.3, 0.4) is 0 Å². The molecular formula is C19H22N2O5S. The molecule has 7 nitrogen and oxygen atoms in total. The summed E-state index contributed by atoms with van der Waals surface area (Å²) < 4.78 is 26.4. The zero-order valence-electron chi connectivity index (χ0n) is 14.9. The van der Waals surface area contributed by atoms with E-state index in [0.717, 1.165) is 5.56 Å². The number of carbonyl (C=O) groups is 2. The molecule has 144 valence electrons. The summed E-state index contributed by atoms with van der Waals surface area (Å²) in [6.07, 6.45) is 0.926. The molecule has 2 rings (SSSR count). The average Bonchev–Trinajstić information content (AvgIpc) is 2.62. The Bertz CT molecular complexity index is 925. The fraction of sp³-hybridized carbons (Fsp3) is 0.263. The number of para-hydroxylation sites is 1. The Morgan fingerprint density at radius 2 is 1.81 bits per heavy atom. The number of anilines is 1. The number of hydrogen-bond donors (Lipinski definition) is 3. The van der Waals surface area contributed by atoms with Crippen molar-refractivity contribution >= 4 is 27.6 Å². The molecule has 2 aromatic rings. The number of rotatable bonds is 9. The second-order valence-corrected chi connectivity index (χ2v) is 7.82. The van der Waals surface area contributed by atoms with E-state index in [4.69, 9.17) is 5.11 Å². The van der Waals surface area contributed by atoms with Crippen LogP contribution < -0.4 is 10.0 Å². The van der Waals surface area contributed by atoms with Gasteiger partial charge in [-0.05, 0) is 42.7 Å². The number of nitrogens with one attached hydrogen (secondary N) is 2. The first-order chi connectivity index (χ1) is 12.8. The summed E-state index contributed by atoms with van der Waals surface area (Å²) >= 11 is 0. The fourth-order valence-electron chi connectivity index (χ4n) is 2.53. The van der Waals surface area contributed by atoms with Gasteiger partial charge in [-0.25, -0.2) is 13.2 Å². The highest BCUT2D eigenvalue weighted by Gasteiger charge is 2.15. The number of amides is 1. The van der Waals surface area contributed by atoms with Gasteiger partial charge < -0.3 is 10.4 Å². The van der Waals surface area contributed by atoms with Crippen LogP contribution in [0, 0.1) is 0 Å². The summed E-state index contributed by atoms with van der Waals surface area (Å²) in [6, 6.07) is 12.9. The number of sulfonamides is 1. The predicted molar refractivity (Wildman–Crippen MR) is 104 cm³/mol. The smallest absolute Gasteiger partial charge is 0.335 e. The van der Waals surface area contributed by atoms with E-state index in [9.17, 15) is 18.0 Å². The Balaban J connectivity index is 2.02. The van der Waals surface area contributed by atoms with E-state index in [2.05, 4.69) is 10.0 Å². The van der Waals surface area contributed by atoms with Crippen molar-refractivity contribution in [1.29, 1.82) is 0 Å². The molecular weight excluding hydrogens is 368 g/mol. The largest absolute Gasteiger partial charge is 0.478 e. The van der Waals surface area contributed by atoms with Crippen LogP contribution in [0.1, 0.15) is 39.6 Å². The van der Waals surface area contributed by atoms with Crippen LogP contribution in [0.4, 0.5) is 5.69 Å². The summed E-state index contributed by atoms with van der Waals surface area (Å²) in [6.45, 7) is 2.05. The molecule has 27 heavy (non-hydrogen) atoms. The normalized spacial score (nSPS) is 11.0. The first-order valence-corrected chi connectivity index (χ1v) is 10.2. The molecule has 2 aromatic carbocycles. The lowest BCUT2D eigenvalue weighted by atomic mass is 10.1. The van der Waals surface area contributed by atoms with Gasteiger partial charge in [0.05, 0.1) is 22.6 Å². The second kappa shape index (κ2) is 9.18. The molecule has 0 saturated carbocycles. The van der Waals surface area contributed by atoms with Gasteiger partial charge in [-0.15, -0.1) is 0 Å².